The first-order valence-electron chi connectivity index (χ1n) is 8.44. The average molecular weight is 352 g/mol. The molecule has 5 heteroatoms. The highest BCUT2D eigenvalue weighted by Crippen LogP contribution is 2.33. The summed E-state index contributed by atoms with van der Waals surface area (Å²) in [5.74, 6) is 0.0397. The quantitative estimate of drug-likeness (QED) is 0.514. The van der Waals surface area contributed by atoms with Gasteiger partial charge in [-0.05, 0) is 36.1 Å². The van der Waals surface area contributed by atoms with E-state index >= 15 is 0 Å². The molecule has 0 spiro atoms. The van der Waals surface area contributed by atoms with Gasteiger partial charge in [0.2, 0.25) is 0 Å². The highest BCUT2D eigenvalue weighted by atomic mass is 16.6. The van der Waals surface area contributed by atoms with E-state index in [9.17, 15) is 9.59 Å². The third kappa shape index (κ3) is 3.47. The zero-order chi connectivity index (χ0) is 18.7. The Kier molecular flexibility index (Phi) is 5.07. The molecule has 0 radical (unpaired) electrons. The summed E-state index contributed by atoms with van der Waals surface area (Å²) < 4.78 is 15.8. The van der Waals surface area contributed by atoms with Crippen LogP contribution in [-0.4, -0.2) is 19.2 Å². The van der Waals surface area contributed by atoms with Crippen molar-refractivity contribution in [3.63, 3.8) is 0 Å². The Morgan fingerprint density at radius 3 is 2.54 bits per heavy atom. The molecule has 0 amide bonds. The lowest BCUT2D eigenvalue weighted by Crippen LogP contribution is -2.25. The van der Waals surface area contributed by atoms with Gasteiger partial charge in [0.15, 0.2) is 6.10 Å². The van der Waals surface area contributed by atoms with E-state index in [2.05, 4.69) is 0 Å². The third-order valence-electron chi connectivity index (χ3n) is 4.23. The Morgan fingerprint density at radius 2 is 1.88 bits per heavy atom. The van der Waals surface area contributed by atoms with Gasteiger partial charge in [-0.2, -0.15) is 0 Å². The van der Waals surface area contributed by atoms with Gasteiger partial charge in [-0.15, -0.1) is 0 Å². The number of methoxy groups -OCH3 is 1. The number of benzene rings is 2. The first-order valence-corrected chi connectivity index (χ1v) is 8.44. The molecule has 0 saturated heterocycles. The smallest absolute Gasteiger partial charge is 0.346 e. The predicted octanol–water partition coefficient (Wildman–Crippen LogP) is 3.96. The number of hydrogen-bond acceptors (Lipinski definition) is 5. The van der Waals surface area contributed by atoms with Crippen LogP contribution in [0.5, 0.6) is 5.75 Å². The van der Waals surface area contributed by atoms with Crippen molar-refractivity contribution in [1.29, 1.82) is 0 Å². The van der Waals surface area contributed by atoms with Crippen molar-refractivity contribution in [3.8, 4) is 16.9 Å². The first-order chi connectivity index (χ1) is 12.5. The molecule has 0 aliphatic heterocycles. The molecule has 2 aromatic carbocycles. The van der Waals surface area contributed by atoms with Gasteiger partial charge in [-0.25, -0.2) is 9.59 Å². The van der Waals surface area contributed by atoms with Crippen LogP contribution in [0, 0.1) is 0 Å². The number of esters is 1. The lowest BCUT2D eigenvalue weighted by atomic mass is 9.99. The normalized spacial score (nSPS) is 12.0. The maximum Gasteiger partial charge on any atom is 0.346 e. The first kappa shape index (κ1) is 17.7. The zero-order valence-electron chi connectivity index (χ0n) is 14.9. The molecule has 0 unspecified atom stereocenters. The van der Waals surface area contributed by atoms with E-state index < -0.39 is 17.7 Å². The number of carbonyl (C=O) groups is 1. The number of rotatable bonds is 5. The molecule has 3 rings (SSSR count). The van der Waals surface area contributed by atoms with Crippen molar-refractivity contribution in [2.45, 2.75) is 26.4 Å². The summed E-state index contributed by atoms with van der Waals surface area (Å²) in [6.45, 7) is 3.62. The van der Waals surface area contributed by atoms with Gasteiger partial charge in [-0.3, -0.25) is 0 Å². The fraction of sp³-hybridized carbons (Fsp3) is 0.238. The summed E-state index contributed by atoms with van der Waals surface area (Å²) in [5.41, 5.74) is 2.63. The highest BCUT2D eigenvalue weighted by molar-refractivity contribution is 5.94. The van der Waals surface area contributed by atoms with Crippen molar-refractivity contribution < 1.29 is 18.7 Å². The Labute approximate surface area is 151 Å². The molecule has 5 nitrogen and oxygen atoms in total. The summed E-state index contributed by atoms with van der Waals surface area (Å²) in [7, 11) is 1.31. The van der Waals surface area contributed by atoms with E-state index in [-0.39, 0.29) is 0 Å². The topological polar surface area (TPSA) is 65.7 Å². The molecule has 1 heterocycles. The van der Waals surface area contributed by atoms with E-state index in [1.54, 1.807) is 13.0 Å². The molecule has 3 aromatic rings. The van der Waals surface area contributed by atoms with Gasteiger partial charge in [0.05, 0.1) is 7.11 Å². The maximum absolute atomic E-state index is 12.0. The van der Waals surface area contributed by atoms with Crippen molar-refractivity contribution in [1.82, 2.24) is 0 Å². The van der Waals surface area contributed by atoms with Crippen LogP contribution in [-0.2, 0) is 16.0 Å². The monoisotopic (exact) mass is 352 g/mol. The molecular weight excluding hydrogens is 332 g/mol. The summed E-state index contributed by atoms with van der Waals surface area (Å²) in [6, 6.07) is 14.8. The molecule has 0 aliphatic rings. The third-order valence-corrected chi connectivity index (χ3v) is 4.23. The maximum atomic E-state index is 12.0. The molecule has 0 N–H and O–H groups in total. The van der Waals surface area contributed by atoms with E-state index in [0.29, 0.717) is 17.8 Å². The van der Waals surface area contributed by atoms with Crippen LogP contribution in [0.1, 0.15) is 19.4 Å². The van der Waals surface area contributed by atoms with Crippen LogP contribution in [0.4, 0.5) is 0 Å². The fourth-order valence-corrected chi connectivity index (χ4v) is 2.88. The van der Waals surface area contributed by atoms with E-state index in [4.69, 9.17) is 13.9 Å². The average Bonchev–Trinajstić information content (AvgIpc) is 2.66. The SMILES string of the molecule is CCc1cc2c(-c3ccccc3)cc(=O)oc2cc1O[C@@H](C)C(=O)OC. The minimum Gasteiger partial charge on any atom is -0.479 e. The van der Waals surface area contributed by atoms with Crippen molar-refractivity contribution in [3.05, 3.63) is 64.5 Å². The second-order valence-electron chi connectivity index (χ2n) is 5.94. The molecule has 1 atom stereocenters. The Morgan fingerprint density at radius 1 is 1.15 bits per heavy atom. The van der Waals surface area contributed by atoms with Gasteiger partial charge in [0.1, 0.15) is 11.3 Å². The van der Waals surface area contributed by atoms with Gasteiger partial charge in [-0.1, -0.05) is 37.3 Å². The predicted molar refractivity (Wildman–Crippen MR) is 99.4 cm³/mol. The second kappa shape index (κ2) is 7.44. The minimum absolute atomic E-state index is 0.417. The summed E-state index contributed by atoms with van der Waals surface area (Å²) >= 11 is 0. The van der Waals surface area contributed by atoms with Crippen LogP contribution in [0.3, 0.4) is 0 Å². The number of hydrogen-bond donors (Lipinski definition) is 0. The Hall–Kier alpha value is -3.08. The molecular formula is C21H20O5. The largest absolute Gasteiger partial charge is 0.479 e. The van der Waals surface area contributed by atoms with E-state index in [0.717, 1.165) is 22.1 Å². The summed E-state index contributed by atoms with van der Waals surface area (Å²) in [5, 5.41) is 0.825. The van der Waals surface area contributed by atoms with Crippen LogP contribution in [0.2, 0.25) is 0 Å². The highest BCUT2D eigenvalue weighted by Gasteiger charge is 2.18. The van der Waals surface area contributed by atoms with Gasteiger partial charge < -0.3 is 13.9 Å². The number of fused-ring (bicyclic) bond motifs is 1. The van der Waals surface area contributed by atoms with E-state index in [1.165, 1.54) is 13.2 Å². The van der Waals surface area contributed by atoms with Crippen LogP contribution >= 0.6 is 0 Å². The molecule has 1 aromatic heterocycles. The summed E-state index contributed by atoms with van der Waals surface area (Å²) in [6.07, 6.45) is -0.0567. The molecule has 26 heavy (non-hydrogen) atoms. The van der Waals surface area contributed by atoms with Gasteiger partial charge in [0.25, 0.3) is 0 Å². The number of aryl methyl sites for hydroxylation is 1. The Balaban J connectivity index is 2.17. The van der Waals surface area contributed by atoms with Crippen LogP contribution in [0.25, 0.3) is 22.1 Å². The molecule has 0 saturated carbocycles. The molecule has 0 fully saturated rings. The minimum atomic E-state index is -0.758. The molecule has 0 aliphatic carbocycles. The lowest BCUT2D eigenvalue weighted by molar-refractivity contribution is -0.147. The van der Waals surface area contributed by atoms with Gasteiger partial charge >= 0.3 is 11.6 Å². The standard InChI is InChI=1S/C21H20O5/c1-4-14-10-17-16(15-8-6-5-7-9-15)11-20(22)26-19(17)12-18(14)25-13(2)21(23)24-3/h5-13H,4H2,1-3H3/t13-/m0/s1. The fourth-order valence-electron chi connectivity index (χ4n) is 2.88. The van der Waals surface area contributed by atoms with Crippen molar-refractivity contribution in [2.75, 3.05) is 7.11 Å². The van der Waals surface area contributed by atoms with Gasteiger partial charge in [0, 0.05) is 17.5 Å². The number of ether oxygens (including phenoxy) is 2. The van der Waals surface area contributed by atoms with E-state index in [1.807, 2.05) is 43.3 Å². The lowest BCUT2D eigenvalue weighted by Gasteiger charge is -2.16. The Bertz CT molecular complexity index is 988. The van der Waals surface area contributed by atoms with Crippen LogP contribution in [0.15, 0.2) is 57.7 Å². The molecule has 0 bridgehead atoms. The number of carbonyl (C=O) groups excluding carboxylic acids is 1. The van der Waals surface area contributed by atoms with Crippen LogP contribution < -0.4 is 10.4 Å². The summed E-state index contributed by atoms with van der Waals surface area (Å²) in [4.78, 5) is 23.7. The zero-order valence-corrected chi connectivity index (χ0v) is 14.9. The van der Waals surface area contributed by atoms with Crippen molar-refractivity contribution in [2.24, 2.45) is 0 Å². The van der Waals surface area contributed by atoms with Crippen molar-refractivity contribution >= 4 is 16.9 Å². The molecule has 134 valence electrons. The second-order valence-corrected chi connectivity index (χ2v) is 5.94.